The van der Waals surface area contributed by atoms with E-state index in [1.54, 1.807) is 0 Å². The highest BCUT2D eigenvalue weighted by atomic mass is 15.3. The number of nitrogens with zero attached hydrogens (tertiary/aromatic N) is 2. The van der Waals surface area contributed by atoms with E-state index in [-0.39, 0.29) is 0 Å². The van der Waals surface area contributed by atoms with Crippen molar-refractivity contribution in [2.24, 2.45) is 0 Å². The second-order valence-electron chi connectivity index (χ2n) is 3.69. The van der Waals surface area contributed by atoms with Gasteiger partial charge in [-0.05, 0) is 0 Å². The predicted octanol–water partition coefficient (Wildman–Crippen LogP) is -1.08. The van der Waals surface area contributed by atoms with Crippen LogP contribution in [-0.4, -0.2) is 62.2 Å². The van der Waals surface area contributed by atoms with Crippen molar-refractivity contribution < 1.29 is 0 Å². The molecule has 13 heavy (non-hydrogen) atoms. The van der Waals surface area contributed by atoms with Gasteiger partial charge in [0.2, 0.25) is 0 Å². The summed E-state index contributed by atoms with van der Waals surface area (Å²) in [6, 6.07) is 0. The lowest BCUT2D eigenvalue weighted by atomic mass is 10.3. The molecule has 2 aliphatic heterocycles. The lowest BCUT2D eigenvalue weighted by Crippen LogP contribution is -2.49. The molecular weight excluding hydrogens is 164 g/mol. The van der Waals surface area contributed by atoms with E-state index in [0.29, 0.717) is 0 Å². The molecule has 0 spiro atoms. The van der Waals surface area contributed by atoms with Crippen LogP contribution in [0.4, 0.5) is 0 Å². The second kappa shape index (κ2) is 4.91. The van der Waals surface area contributed by atoms with Crippen molar-refractivity contribution in [1.82, 2.24) is 20.4 Å². The Hall–Kier alpha value is -0.160. The maximum Gasteiger partial charge on any atom is 0.0923 e. The third-order valence-electron chi connectivity index (χ3n) is 2.63. The second-order valence-corrected chi connectivity index (χ2v) is 3.69. The topological polar surface area (TPSA) is 30.5 Å². The number of piperazine rings is 2. The van der Waals surface area contributed by atoms with E-state index in [1.165, 1.54) is 0 Å². The summed E-state index contributed by atoms with van der Waals surface area (Å²) in [4.78, 5) is 4.84. The van der Waals surface area contributed by atoms with Gasteiger partial charge in [-0.15, -0.1) is 0 Å². The van der Waals surface area contributed by atoms with E-state index >= 15 is 0 Å². The highest BCUT2D eigenvalue weighted by Gasteiger charge is 2.15. The Morgan fingerprint density at radius 3 is 1.46 bits per heavy atom. The van der Waals surface area contributed by atoms with Gasteiger partial charge in [0.1, 0.15) is 0 Å². The molecule has 0 aromatic heterocycles. The van der Waals surface area contributed by atoms with Crippen LogP contribution in [0.25, 0.3) is 0 Å². The van der Waals surface area contributed by atoms with Crippen LogP contribution in [0, 0.1) is 6.67 Å². The standard InChI is InChI=1S/C9H19N4/c1-5-12(6-2-10-1)9-13-7-3-11-4-8-13/h9-11H,1-8H2. The van der Waals surface area contributed by atoms with Gasteiger partial charge in [0.05, 0.1) is 6.67 Å². The zero-order chi connectivity index (χ0) is 8.93. The molecular formula is C9H19N4. The smallest absolute Gasteiger partial charge is 0.0923 e. The van der Waals surface area contributed by atoms with Gasteiger partial charge < -0.3 is 10.6 Å². The van der Waals surface area contributed by atoms with Gasteiger partial charge in [0.15, 0.2) is 0 Å². The quantitative estimate of drug-likeness (QED) is 0.570. The monoisotopic (exact) mass is 183 g/mol. The zero-order valence-electron chi connectivity index (χ0n) is 8.13. The minimum absolute atomic E-state index is 1.13. The lowest BCUT2D eigenvalue weighted by molar-refractivity contribution is 0.168. The first kappa shape index (κ1) is 9.40. The average Bonchev–Trinajstić information content (AvgIpc) is 2.21. The minimum atomic E-state index is 1.13. The van der Waals surface area contributed by atoms with E-state index in [2.05, 4.69) is 27.1 Å². The fourth-order valence-corrected chi connectivity index (χ4v) is 1.83. The van der Waals surface area contributed by atoms with E-state index in [0.717, 1.165) is 52.4 Å². The number of hydrogen-bond donors (Lipinski definition) is 2. The first-order valence-corrected chi connectivity index (χ1v) is 5.20. The summed E-state index contributed by atoms with van der Waals surface area (Å²) in [6.45, 7) is 11.4. The van der Waals surface area contributed by atoms with Gasteiger partial charge in [-0.1, -0.05) is 0 Å². The van der Waals surface area contributed by atoms with Crippen molar-refractivity contribution in [3.05, 3.63) is 6.67 Å². The zero-order valence-corrected chi connectivity index (χ0v) is 8.13. The van der Waals surface area contributed by atoms with Crippen molar-refractivity contribution >= 4 is 0 Å². The van der Waals surface area contributed by atoms with E-state index in [9.17, 15) is 0 Å². The summed E-state index contributed by atoms with van der Waals surface area (Å²) in [7, 11) is 0. The molecule has 0 saturated carbocycles. The van der Waals surface area contributed by atoms with Crippen LogP contribution < -0.4 is 10.6 Å². The Labute approximate surface area is 80.3 Å². The fraction of sp³-hybridized carbons (Fsp3) is 0.889. The van der Waals surface area contributed by atoms with Crippen LogP contribution in [0.1, 0.15) is 0 Å². The van der Waals surface area contributed by atoms with Crippen LogP contribution >= 0.6 is 0 Å². The third kappa shape index (κ3) is 2.91. The molecule has 4 nitrogen and oxygen atoms in total. The molecule has 0 aliphatic carbocycles. The Bertz CT molecular complexity index is 123. The summed E-state index contributed by atoms with van der Waals surface area (Å²) >= 11 is 0. The summed E-state index contributed by atoms with van der Waals surface area (Å²) in [5, 5.41) is 6.72. The van der Waals surface area contributed by atoms with Crippen molar-refractivity contribution in [3.8, 4) is 0 Å². The summed E-state index contributed by atoms with van der Waals surface area (Å²) in [6.07, 6.45) is 0. The van der Waals surface area contributed by atoms with Crippen molar-refractivity contribution in [3.63, 3.8) is 0 Å². The van der Waals surface area contributed by atoms with Crippen LogP contribution in [0.5, 0.6) is 0 Å². The molecule has 2 saturated heterocycles. The molecule has 75 valence electrons. The molecule has 1 radical (unpaired) electrons. The fourth-order valence-electron chi connectivity index (χ4n) is 1.83. The normalized spacial score (nSPS) is 27.7. The Morgan fingerprint density at radius 1 is 0.692 bits per heavy atom. The van der Waals surface area contributed by atoms with Crippen LogP contribution in [0.3, 0.4) is 0 Å². The average molecular weight is 183 g/mol. The molecule has 0 aromatic carbocycles. The maximum absolute atomic E-state index is 3.36. The Morgan fingerprint density at radius 2 is 1.08 bits per heavy atom. The molecule has 2 fully saturated rings. The van der Waals surface area contributed by atoms with Gasteiger partial charge >= 0.3 is 0 Å². The molecule has 2 N–H and O–H groups in total. The van der Waals surface area contributed by atoms with Gasteiger partial charge in [0.25, 0.3) is 0 Å². The van der Waals surface area contributed by atoms with E-state index in [1.807, 2.05) is 0 Å². The molecule has 4 heteroatoms. The molecule has 0 amide bonds. The largest absolute Gasteiger partial charge is 0.314 e. The molecule has 0 atom stereocenters. The molecule has 2 heterocycles. The highest BCUT2D eigenvalue weighted by molar-refractivity contribution is 4.78. The number of rotatable bonds is 2. The van der Waals surface area contributed by atoms with Gasteiger partial charge in [0, 0.05) is 52.4 Å². The first-order chi connectivity index (χ1) is 6.45. The summed E-state index contributed by atoms with van der Waals surface area (Å²) in [5.74, 6) is 0. The summed E-state index contributed by atoms with van der Waals surface area (Å²) in [5.41, 5.74) is 0. The van der Waals surface area contributed by atoms with Gasteiger partial charge in [-0.2, -0.15) is 0 Å². The van der Waals surface area contributed by atoms with Crippen LogP contribution in [0.15, 0.2) is 0 Å². The van der Waals surface area contributed by atoms with Crippen LogP contribution in [-0.2, 0) is 0 Å². The molecule has 2 aliphatic rings. The van der Waals surface area contributed by atoms with Crippen molar-refractivity contribution in [2.75, 3.05) is 52.4 Å². The first-order valence-electron chi connectivity index (χ1n) is 5.20. The van der Waals surface area contributed by atoms with E-state index < -0.39 is 0 Å². The SMILES string of the molecule is [CH](N1CCNCC1)N1CCNCC1. The predicted molar refractivity (Wildman–Crippen MR) is 53.2 cm³/mol. The lowest BCUT2D eigenvalue weighted by Gasteiger charge is -2.34. The van der Waals surface area contributed by atoms with E-state index in [4.69, 9.17) is 0 Å². The molecule has 2 rings (SSSR count). The Kier molecular flexibility index (Phi) is 3.55. The maximum atomic E-state index is 3.36. The number of nitrogens with one attached hydrogen (secondary N) is 2. The minimum Gasteiger partial charge on any atom is -0.314 e. The molecule has 0 bridgehead atoms. The molecule has 0 unspecified atom stereocenters. The summed E-state index contributed by atoms with van der Waals surface area (Å²) < 4.78 is 0. The van der Waals surface area contributed by atoms with Gasteiger partial charge in [-0.3, -0.25) is 9.80 Å². The van der Waals surface area contributed by atoms with Gasteiger partial charge in [-0.25, -0.2) is 0 Å². The van der Waals surface area contributed by atoms with Crippen molar-refractivity contribution in [2.45, 2.75) is 0 Å². The van der Waals surface area contributed by atoms with Crippen molar-refractivity contribution in [1.29, 1.82) is 0 Å². The Balaban J connectivity index is 1.69. The third-order valence-corrected chi connectivity index (χ3v) is 2.63. The molecule has 0 aromatic rings. The van der Waals surface area contributed by atoms with Crippen LogP contribution in [0.2, 0.25) is 0 Å². The highest BCUT2D eigenvalue weighted by Crippen LogP contribution is 2.02. The number of hydrogen-bond acceptors (Lipinski definition) is 4.